The Morgan fingerprint density at radius 2 is 1.93 bits per heavy atom. The van der Waals surface area contributed by atoms with E-state index >= 15 is 0 Å². The first kappa shape index (κ1) is 20.3. The van der Waals surface area contributed by atoms with Gasteiger partial charge in [0, 0.05) is 11.5 Å². The van der Waals surface area contributed by atoms with Gasteiger partial charge < -0.3 is 14.7 Å². The molecule has 0 spiro atoms. The minimum absolute atomic E-state index is 0.111. The van der Waals surface area contributed by atoms with Crippen LogP contribution in [0.3, 0.4) is 0 Å². The first-order valence-corrected chi connectivity index (χ1v) is 11.6. The van der Waals surface area contributed by atoms with E-state index in [1.54, 1.807) is 6.08 Å². The van der Waals surface area contributed by atoms with Crippen LogP contribution in [0.25, 0.3) is 0 Å². The largest absolute Gasteiger partial charge is 0.458 e. The summed E-state index contributed by atoms with van der Waals surface area (Å²) in [6, 6.07) is 0. The van der Waals surface area contributed by atoms with Gasteiger partial charge in [0.25, 0.3) is 5.09 Å². The summed E-state index contributed by atoms with van der Waals surface area (Å²) in [5, 5.41) is 22.3. The van der Waals surface area contributed by atoms with Crippen LogP contribution >= 0.6 is 0 Å². The summed E-state index contributed by atoms with van der Waals surface area (Å²) in [4.78, 5) is 27.4. The lowest BCUT2D eigenvalue weighted by Crippen LogP contribution is -2.62. The van der Waals surface area contributed by atoms with Crippen LogP contribution in [0.4, 0.5) is 0 Å². The fourth-order valence-electron chi connectivity index (χ4n) is 8.59. The van der Waals surface area contributed by atoms with E-state index in [1.807, 2.05) is 0 Å². The average Bonchev–Trinajstić information content (AvgIpc) is 3.22. The summed E-state index contributed by atoms with van der Waals surface area (Å²) in [6.07, 6.45) is 9.50. The molecule has 4 aliphatic carbocycles. The molecule has 5 rings (SSSR count). The monoisotopic (exact) mass is 419 g/mol. The molecule has 1 heterocycles. The quantitative estimate of drug-likeness (QED) is 0.424. The molecule has 166 valence electrons. The molecule has 5 aliphatic rings. The maximum absolute atomic E-state index is 12.2. The Morgan fingerprint density at radius 1 is 1.13 bits per heavy atom. The maximum Gasteiger partial charge on any atom is 0.331 e. The zero-order valence-electron chi connectivity index (χ0n) is 18.0. The van der Waals surface area contributed by atoms with Crippen LogP contribution in [-0.4, -0.2) is 34.5 Å². The Kier molecular flexibility index (Phi) is 4.52. The summed E-state index contributed by atoms with van der Waals surface area (Å²) in [5.41, 5.74) is 0.243. The van der Waals surface area contributed by atoms with Gasteiger partial charge in [0.1, 0.15) is 12.7 Å². The summed E-state index contributed by atoms with van der Waals surface area (Å²) in [5.74, 6) is 1.09. The second-order valence-electron chi connectivity index (χ2n) is 11.0. The number of aliphatic hydroxyl groups is 1. The molecule has 30 heavy (non-hydrogen) atoms. The van der Waals surface area contributed by atoms with Gasteiger partial charge in [-0.05, 0) is 92.4 Å². The van der Waals surface area contributed by atoms with Gasteiger partial charge >= 0.3 is 5.97 Å². The number of ether oxygens (including phenoxy) is 1. The molecule has 0 saturated heterocycles. The Bertz CT molecular complexity index is 797. The number of cyclic esters (lactones) is 1. The van der Waals surface area contributed by atoms with Crippen LogP contribution in [-0.2, 0) is 14.4 Å². The van der Waals surface area contributed by atoms with Gasteiger partial charge in [-0.15, -0.1) is 10.1 Å². The molecule has 7 heteroatoms. The fraction of sp³-hybridized carbons (Fsp3) is 0.870. The molecule has 0 bridgehead atoms. The van der Waals surface area contributed by atoms with Crippen LogP contribution in [0.2, 0.25) is 0 Å². The molecule has 0 radical (unpaired) electrons. The van der Waals surface area contributed by atoms with E-state index in [9.17, 15) is 20.0 Å². The van der Waals surface area contributed by atoms with Crippen LogP contribution in [0.15, 0.2) is 11.6 Å². The zero-order chi connectivity index (χ0) is 21.3. The van der Waals surface area contributed by atoms with E-state index in [0.29, 0.717) is 18.4 Å². The standard InChI is InChI=1S/C23H33NO6/c1-21-8-5-16(30-24(27)28)12-15(21)3-4-19-18(21)6-9-22(2)17(7-10-23(19,22)26)14-11-20(25)29-13-14/h11,15-19,26H,3-10,12-13H2,1-2H3/t15-,16-,17-,18-,19+,21-,22+,23+/m0/s1. The van der Waals surface area contributed by atoms with E-state index < -0.39 is 10.7 Å². The Labute approximate surface area is 177 Å². The lowest BCUT2D eigenvalue weighted by atomic mass is 9.43. The van der Waals surface area contributed by atoms with Gasteiger partial charge in [-0.1, -0.05) is 13.8 Å². The van der Waals surface area contributed by atoms with Gasteiger partial charge in [-0.3, -0.25) is 0 Å². The highest BCUT2D eigenvalue weighted by Crippen LogP contribution is 2.69. The lowest BCUT2D eigenvalue weighted by Gasteiger charge is -2.63. The van der Waals surface area contributed by atoms with E-state index in [1.165, 1.54) is 0 Å². The third-order valence-electron chi connectivity index (χ3n) is 10.2. The number of nitrogens with zero attached hydrogens (tertiary/aromatic N) is 1. The minimum atomic E-state index is -0.713. The molecule has 4 saturated carbocycles. The van der Waals surface area contributed by atoms with Gasteiger partial charge in [0.05, 0.1) is 5.60 Å². The molecule has 4 fully saturated rings. The van der Waals surface area contributed by atoms with E-state index in [4.69, 9.17) is 9.57 Å². The second kappa shape index (κ2) is 6.68. The Hall–Kier alpha value is -1.63. The van der Waals surface area contributed by atoms with Crippen LogP contribution in [0.1, 0.15) is 71.6 Å². The third-order valence-corrected chi connectivity index (χ3v) is 10.2. The fourth-order valence-corrected chi connectivity index (χ4v) is 8.59. The molecular weight excluding hydrogens is 386 g/mol. The highest BCUT2D eigenvalue weighted by atomic mass is 17.0. The molecule has 0 unspecified atom stereocenters. The first-order valence-electron chi connectivity index (χ1n) is 11.6. The summed E-state index contributed by atoms with van der Waals surface area (Å²) < 4.78 is 5.19. The predicted octanol–water partition coefficient (Wildman–Crippen LogP) is 3.82. The normalized spacial score (nSPS) is 50.0. The second-order valence-corrected chi connectivity index (χ2v) is 11.0. The number of esters is 1. The number of carbonyl (C=O) groups excluding carboxylic acids is 1. The van der Waals surface area contributed by atoms with Crippen molar-refractivity contribution >= 4 is 5.97 Å². The van der Waals surface area contributed by atoms with Gasteiger partial charge in [-0.25, -0.2) is 4.79 Å². The first-order chi connectivity index (χ1) is 14.2. The average molecular weight is 420 g/mol. The van der Waals surface area contributed by atoms with Gasteiger partial charge in [0.15, 0.2) is 0 Å². The van der Waals surface area contributed by atoms with E-state index in [-0.39, 0.29) is 34.7 Å². The highest BCUT2D eigenvalue weighted by molar-refractivity contribution is 5.85. The number of carbonyl (C=O) groups is 1. The molecule has 1 N–H and O–H groups in total. The molecule has 8 atom stereocenters. The lowest BCUT2D eigenvalue weighted by molar-refractivity contribution is -0.770. The van der Waals surface area contributed by atoms with Crippen molar-refractivity contribution in [3.63, 3.8) is 0 Å². The molecule has 0 aromatic heterocycles. The van der Waals surface area contributed by atoms with Crippen molar-refractivity contribution in [3.8, 4) is 0 Å². The highest BCUT2D eigenvalue weighted by Gasteiger charge is 2.67. The molecular formula is C23H33NO6. The molecule has 7 nitrogen and oxygen atoms in total. The van der Waals surface area contributed by atoms with Gasteiger partial charge in [0.2, 0.25) is 0 Å². The van der Waals surface area contributed by atoms with Crippen molar-refractivity contribution in [2.75, 3.05) is 6.61 Å². The van der Waals surface area contributed by atoms with Crippen molar-refractivity contribution in [2.45, 2.75) is 83.3 Å². The zero-order valence-corrected chi connectivity index (χ0v) is 18.0. The number of rotatable bonds is 3. The Morgan fingerprint density at radius 3 is 2.63 bits per heavy atom. The smallest absolute Gasteiger partial charge is 0.331 e. The topological polar surface area (TPSA) is 98.9 Å². The third kappa shape index (κ3) is 2.69. The van der Waals surface area contributed by atoms with Crippen LogP contribution in [0, 0.1) is 44.6 Å². The Balaban J connectivity index is 1.40. The van der Waals surface area contributed by atoms with Gasteiger partial charge in [-0.2, -0.15) is 0 Å². The molecule has 1 aliphatic heterocycles. The van der Waals surface area contributed by atoms with Crippen molar-refractivity contribution in [3.05, 3.63) is 21.8 Å². The van der Waals surface area contributed by atoms with Crippen molar-refractivity contribution < 1.29 is 24.6 Å². The summed E-state index contributed by atoms with van der Waals surface area (Å²) in [6.45, 7) is 4.98. The van der Waals surface area contributed by atoms with E-state index in [2.05, 4.69) is 13.8 Å². The maximum atomic E-state index is 12.2. The number of hydrogen-bond donors (Lipinski definition) is 1. The van der Waals surface area contributed by atoms with Crippen LogP contribution in [0.5, 0.6) is 0 Å². The van der Waals surface area contributed by atoms with Crippen LogP contribution < -0.4 is 0 Å². The predicted molar refractivity (Wildman–Crippen MR) is 108 cm³/mol. The molecule has 0 aromatic rings. The van der Waals surface area contributed by atoms with Crippen molar-refractivity contribution in [1.29, 1.82) is 0 Å². The SMILES string of the molecule is C[C@]12CC[C@H](O[N+](=O)[O-])C[C@@H]1CC[C@@H]1[C@@H]2CC[C@]2(C)[C@H](C3=CC(=O)OC3)CC[C@@]12O. The minimum Gasteiger partial charge on any atom is -0.458 e. The number of hydrogen-bond acceptors (Lipinski definition) is 6. The summed E-state index contributed by atoms with van der Waals surface area (Å²) >= 11 is 0. The van der Waals surface area contributed by atoms with E-state index in [0.717, 1.165) is 63.4 Å². The van der Waals surface area contributed by atoms with Crippen molar-refractivity contribution in [2.24, 2.45) is 34.5 Å². The van der Waals surface area contributed by atoms with Crippen molar-refractivity contribution in [1.82, 2.24) is 0 Å². The molecule has 0 amide bonds. The molecule has 0 aromatic carbocycles. The number of fused-ring (bicyclic) bond motifs is 5. The summed E-state index contributed by atoms with van der Waals surface area (Å²) in [7, 11) is 0.